The molecule has 31 heavy (non-hydrogen) atoms. The minimum absolute atomic E-state index is 0.179. The monoisotopic (exact) mass is 444 g/mol. The topological polar surface area (TPSA) is 122 Å². The molecular weight excluding hydrogens is 428 g/mol. The van der Waals surface area contributed by atoms with Crippen LogP contribution in [0.25, 0.3) is 6.08 Å². The van der Waals surface area contributed by atoms with Crippen LogP contribution in [0.3, 0.4) is 0 Å². The number of hydrogen-bond donors (Lipinski definition) is 2. The molecule has 3 rings (SSSR count). The molecule has 0 aliphatic carbocycles. The van der Waals surface area contributed by atoms with Crippen LogP contribution in [0.2, 0.25) is 5.02 Å². The first-order valence-corrected chi connectivity index (χ1v) is 9.30. The van der Waals surface area contributed by atoms with E-state index in [9.17, 15) is 19.2 Å². The number of nitrogens with zero attached hydrogens (tertiary/aromatic N) is 1. The molecule has 2 aromatic carbocycles. The first-order valence-electron chi connectivity index (χ1n) is 8.92. The molecule has 2 aromatic rings. The first-order chi connectivity index (χ1) is 14.7. The third-order valence-electron chi connectivity index (χ3n) is 4.43. The number of nitrogens with one attached hydrogen (secondary N) is 1. The number of hydrogen-bond acceptors (Lipinski definition) is 6. The lowest BCUT2D eigenvalue weighted by Crippen LogP contribution is -2.54. The van der Waals surface area contributed by atoms with Gasteiger partial charge in [0.05, 0.1) is 12.8 Å². The molecule has 0 radical (unpaired) electrons. The van der Waals surface area contributed by atoms with Gasteiger partial charge in [0, 0.05) is 5.02 Å². The summed E-state index contributed by atoms with van der Waals surface area (Å²) < 4.78 is 10.3. The predicted molar refractivity (Wildman–Crippen MR) is 111 cm³/mol. The normalized spacial score (nSPS) is 15.1. The Bertz CT molecular complexity index is 1130. The Hall–Kier alpha value is -3.85. The molecule has 2 N–H and O–H groups in total. The highest BCUT2D eigenvalue weighted by atomic mass is 35.5. The Balaban J connectivity index is 1.98. The van der Waals surface area contributed by atoms with Crippen molar-refractivity contribution in [1.82, 2.24) is 5.32 Å². The molecule has 0 saturated carbocycles. The Morgan fingerprint density at radius 2 is 1.94 bits per heavy atom. The summed E-state index contributed by atoms with van der Waals surface area (Å²) in [6, 6.07) is 8.30. The molecule has 1 aliphatic heterocycles. The summed E-state index contributed by atoms with van der Waals surface area (Å²) in [4.78, 5) is 49.3. The van der Waals surface area contributed by atoms with E-state index < -0.39 is 30.4 Å². The van der Waals surface area contributed by atoms with Crippen LogP contribution in [0.5, 0.6) is 11.5 Å². The molecule has 0 spiro atoms. The molecule has 1 aliphatic rings. The van der Waals surface area contributed by atoms with Crippen molar-refractivity contribution in [3.8, 4) is 11.5 Å². The number of imide groups is 2. The summed E-state index contributed by atoms with van der Waals surface area (Å²) in [5.74, 6) is -2.44. The third-order valence-corrected chi connectivity index (χ3v) is 4.84. The molecule has 10 heteroatoms. The molecule has 1 heterocycles. The number of urea groups is 1. The van der Waals surface area contributed by atoms with Crippen LogP contribution in [0, 0.1) is 6.92 Å². The molecule has 1 saturated heterocycles. The minimum Gasteiger partial charge on any atom is -0.493 e. The smallest absolute Gasteiger partial charge is 0.341 e. The lowest BCUT2D eigenvalue weighted by atomic mass is 10.1. The van der Waals surface area contributed by atoms with Crippen LogP contribution in [0.15, 0.2) is 42.0 Å². The molecule has 9 nitrogen and oxygen atoms in total. The number of carbonyl (C=O) groups is 4. The van der Waals surface area contributed by atoms with Crippen molar-refractivity contribution >= 4 is 47.2 Å². The zero-order valence-electron chi connectivity index (χ0n) is 16.5. The Morgan fingerprint density at radius 1 is 1.19 bits per heavy atom. The third kappa shape index (κ3) is 4.51. The first kappa shape index (κ1) is 21.8. The number of carboxylic acid groups (broad SMARTS) is 1. The fourth-order valence-corrected chi connectivity index (χ4v) is 3.08. The highest BCUT2D eigenvalue weighted by Crippen LogP contribution is 2.31. The maximum Gasteiger partial charge on any atom is 0.341 e. The van der Waals surface area contributed by atoms with E-state index in [1.54, 1.807) is 25.1 Å². The average molecular weight is 445 g/mol. The van der Waals surface area contributed by atoms with Crippen molar-refractivity contribution in [2.45, 2.75) is 6.92 Å². The van der Waals surface area contributed by atoms with Gasteiger partial charge in [-0.15, -0.1) is 0 Å². The summed E-state index contributed by atoms with van der Waals surface area (Å²) in [7, 11) is 1.36. The molecule has 4 amide bonds. The second-order valence-corrected chi connectivity index (χ2v) is 6.84. The van der Waals surface area contributed by atoms with Gasteiger partial charge in [0.25, 0.3) is 11.8 Å². The van der Waals surface area contributed by atoms with Gasteiger partial charge in [-0.05, 0) is 48.4 Å². The lowest BCUT2D eigenvalue weighted by Gasteiger charge is -2.27. The van der Waals surface area contributed by atoms with Gasteiger partial charge in [0.2, 0.25) is 0 Å². The van der Waals surface area contributed by atoms with E-state index in [0.29, 0.717) is 16.1 Å². The van der Waals surface area contributed by atoms with Gasteiger partial charge in [-0.1, -0.05) is 23.7 Å². The van der Waals surface area contributed by atoms with E-state index in [2.05, 4.69) is 5.32 Å². The van der Waals surface area contributed by atoms with Gasteiger partial charge >= 0.3 is 12.0 Å². The summed E-state index contributed by atoms with van der Waals surface area (Å²) in [5.41, 5.74) is 0.877. The van der Waals surface area contributed by atoms with Crippen LogP contribution in [0.4, 0.5) is 10.5 Å². The number of ether oxygens (including phenoxy) is 2. The van der Waals surface area contributed by atoms with Gasteiger partial charge < -0.3 is 14.6 Å². The van der Waals surface area contributed by atoms with E-state index in [4.69, 9.17) is 26.2 Å². The van der Waals surface area contributed by atoms with Crippen LogP contribution in [-0.4, -0.2) is 42.6 Å². The largest absolute Gasteiger partial charge is 0.493 e. The molecular formula is C21H17ClN2O7. The van der Waals surface area contributed by atoms with Crippen molar-refractivity contribution in [2.75, 3.05) is 18.6 Å². The number of carbonyl (C=O) groups excluding carboxylic acids is 3. The van der Waals surface area contributed by atoms with E-state index in [-0.39, 0.29) is 22.8 Å². The number of carboxylic acids is 1. The van der Waals surface area contributed by atoms with Gasteiger partial charge in [0.15, 0.2) is 18.1 Å². The quantitative estimate of drug-likeness (QED) is 0.518. The van der Waals surface area contributed by atoms with Crippen LogP contribution >= 0.6 is 11.6 Å². The van der Waals surface area contributed by atoms with Gasteiger partial charge in [-0.25, -0.2) is 14.5 Å². The van der Waals surface area contributed by atoms with Crippen LogP contribution in [0.1, 0.15) is 11.1 Å². The fraction of sp³-hybridized carbons (Fsp3) is 0.143. The van der Waals surface area contributed by atoms with Crippen molar-refractivity contribution in [1.29, 1.82) is 0 Å². The SMILES string of the molecule is COc1cc(/C=C2\C(=O)NC(=O)N(c3cccc(Cl)c3C)C2=O)ccc1OCC(=O)O. The summed E-state index contributed by atoms with van der Waals surface area (Å²) >= 11 is 6.10. The predicted octanol–water partition coefficient (Wildman–Crippen LogP) is 2.79. The molecule has 0 bridgehead atoms. The number of halogens is 1. The van der Waals surface area contributed by atoms with E-state index in [0.717, 1.165) is 4.90 Å². The van der Waals surface area contributed by atoms with Crippen molar-refractivity contribution < 1.29 is 33.8 Å². The number of aliphatic carboxylic acids is 1. The number of benzene rings is 2. The molecule has 1 fully saturated rings. The minimum atomic E-state index is -1.15. The number of rotatable bonds is 6. The van der Waals surface area contributed by atoms with E-state index >= 15 is 0 Å². The van der Waals surface area contributed by atoms with E-state index in [1.165, 1.54) is 31.4 Å². The highest BCUT2D eigenvalue weighted by Gasteiger charge is 2.37. The molecule has 160 valence electrons. The van der Waals surface area contributed by atoms with Crippen molar-refractivity contribution in [2.24, 2.45) is 0 Å². The molecule has 0 unspecified atom stereocenters. The van der Waals surface area contributed by atoms with E-state index in [1.807, 2.05) is 0 Å². The average Bonchev–Trinajstić information content (AvgIpc) is 2.72. The summed E-state index contributed by atoms with van der Waals surface area (Å²) in [6.07, 6.45) is 1.29. The number of anilines is 1. The fourth-order valence-electron chi connectivity index (χ4n) is 2.91. The zero-order valence-corrected chi connectivity index (χ0v) is 17.2. The zero-order chi connectivity index (χ0) is 22.7. The number of barbiturate groups is 1. The maximum absolute atomic E-state index is 13.0. The van der Waals surface area contributed by atoms with Crippen molar-refractivity contribution in [3.05, 3.63) is 58.1 Å². The van der Waals surface area contributed by atoms with Gasteiger partial charge in [-0.3, -0.25) is 14.9 Å². The number of amides is 4. The summed E-state index contributed by atoms with van der Waals surface area (Å²) in [6.45, 7) is 1.09. The van der Waals surface area contributed by atoms with Gasteiger partial charge in [-0.2, -0.15) is 0 Å². The summed E-state index contributed by atoms with van der Waals surface area (Å²) in [5, 5.41) is 11.3. The second kappa shape index (κ2) is 8.88. The molecule has 0 atom stereocenters. The lowest BCUT2D eigenvalue weighted by molar-refractivity contribution is -0.139. The Morgan fingerprint density at radius 3 is 2.61 bits per heavy atom. The Kier molecular flexibility index (Phi) is 6.26. The second-order valence-electron chi connectivity index (χ2n) is 6.43. The van der Waals surface area contributed by atoms with Crippen LogP contribution in [-0.2, 0) is 14.4 Å². The highest BCUT2D eigenvalue weighted by molar-refractivity contribution is 6.39. The maximum atomic E-state index is 13.0. The molecule has 0 aromatic heterocycles. The standard InChI is InChI=1S/C21H17ClN2O7/c1-11-14(22)4-3-5-15(11)24-20(28)13(19(27)23-21(24)29)8-12-6-7-16(17(9-12)30-2)31-10-18(25)26/h3-9H,10H2,1-2H3,(H,25,26)(H,23,27,29)/b13-8+. The number of methoxy groups -OCH3 is 1. The Labute approximate surface area is 181 Å². The van der Waals surface area contributed by atoms with Gasteiger partial charge in [0.1, 0.15) is 5.57 Å². The van der Waals surface area contributed by atoms with Crippen molar-refractivity contribution in [3.63, 3.8) is 0 Å². The van der Waals surface area contributed by atoms with Crippen LogP contribution < -0.4 is 19.7 Å².